The first-order valence-corrected chi connectivity index (χ1v) is 11.4. The summed E-state index contributed by atoms with van der Waals surface area (Å²) in [5.74, 6) is 1.44. The van der Waals surface area contributed by atoms with E-state index in [4.69, 9.17) is 19.4 Å². The van der Waals surface area contributed by atoms with Gasteiger partial charge in [0, 0.05) is 33.8 Å². The van der Waals surface area contributed by atoms with Crippen LogP contribution in [0.5, 0.6) is 5.75 Å². The van der Waals surface area contributed by atoms with E-state index in [2.05, 4.69) is 16.3 Å². The highest BCUT2D eigenvalue weighted by atomic mass is 16.6. The van der Waals surface area contributed by atoms with Crippen molar-refractivity contribution in [1.29, 1.82) is 0 Å². The minimum atomic E-state index is -0.393. The highest BCUT2D eigenvalue weighted by Crippen LogP contribution is 2.33. The molecular formula is C25H32N4O4. The van der Waals surface area contributed by atoms with E-state index in [-0.39, 0.29) is 20.7 Å². The van der Waals surface area contributed by atoms with Crippen LogP contribution in [0, 0.1) is 6.92 Å². The largest absolute Gasteiger partial charge is 0.507 e. The molecule has 0 aliphatic carbocycles. The second-order valence-electron chi connectivity index (χ2n) is 8.73. The molecule has 1 aromatic heterocycles. The molecule has 8 nitrogen and oxygen atoms in total. The van der Waals surface area contributed by atoms with Crippen LogP contribution in [0.2, 0.25) is 0 Å². The zero-order valence-corrected chi connectivity index (χ0v) is 18.7. The number of carbonyl (C=O) groups excluding carboxylic acids is 1. The molecule has 2 aliphatic rings. The van der Waals surface area contributed by atoms with E-state index in [0.717, 1.165) is 48.1 Å². The van der Waals surface area contributed by atoms with Crippen molar-refractivity contribution in [3.63, 3.8) is 0 Å². The number of amides is 1. The molecule has 33 heavy (non-hydrogen) atoms. The summed E-state index contributed by atoms with van der Waals surface area (Å²) in [4.78, 5) is 24.2. The number of hydrogen-bond donors (Lipinski definition) is 2. The summed E-state index contributed by atoms with van der Waals surface area (Å²) in [6.07, 6.45) is 1.98. The number of rotatable bonds is 4. The molecule has 2 aromatic carbocycles. The third-order valence-electron chi connectivity index (χ3n) is 6.18. The number of phenols is 1. The fourth-order valence-electron chi connectivity index (χ4n) is 4.49. The second kappa shape index (κ2) is 9.23. The summed E-state index contributed by atoms with van der Waals surface area (Å²) in [6.45, 7) is 4.57. The average Bonchev–Trinajstić information content (AvgIpc) is 3.31. The standard InChI is InChI=1S/C25H28N4O4.2H2/c1-16-8-9-19-21(13-16)27-23(20-6-2-3-7-22(20)30)28-24(19)29-11-4-5-17(14-29)26-25(31)33-18-10-12-32-15-18;;/h2-3,6-9,13,17-18,30H,4-5,10-12,14-15H2,1H3,(H,26,31);2*1H/t17-,18-;;/m0../s1. The molecule has 0 unspecified atom stereocenters. The lowest BCUT2D eigenvalue weighted by Crippen LogP contribution is -2.48. The number of nitrogens with one attached hydrogen (secondary N) is 1. The van der Waals surface area contributed by atoms with Gasteiger partial charge in [0.2, 0.25) is 0 Å². The molecule has 8 heteroatoms. The van der Waals surface area contributed by atoms with Gasteiger partial charge in [0.1, 0.15) is 17.7 Å². The molecule has 0 bridgehead atoms. The lowest BCUT2D eigenvalue weighted by atomic mass is 10.0. The van der Waals surface area contributed by atoms with Gasteiger partial charge in [0.05, 0.1) is 24.3 Å². The lowest BCUT2D eigenvalue weighted by molar-refractivity contribution is 0.0803. The molecule has 0 spiro atoms. The van der Waals surface area contributed by atoms with Crippen molar-refractivity contribution in [2.75, 3.05) is 31.2 Å². The summed E-state index contributed by atoms with van der Waals surface area (Å²) in [5.41, 5.74) is 2.53. The molecule has 0 radical (unpaired) electrons. The Morgan fingerprint density at radius 2 is 2.12 bits per heavy atom. The van der Waals surface area contributed by atoms with Gasteiger partial charge in [-0.3, -0.25) is 0 Å². The van der Waals surface area contributed by atoms with E-state index < -0.39 is 6.09 Å². The first-order chi connectivity index (χ1) is 16.1. The number of anilines is 1. The van der Waals surface area contributed by atoms with Crippen molar-refractivity contribution < 1.29 is 22.2 Å². The Kier molecular flexibility index (Phi) is 6.00. The molecule has 3 aromatic rings. The molecule has 1 amide bonds. The number of hydrogen-bond acceptors (Lipinski definition) is 7. The number of benzene rings is 2. The fraction of sp³-hybridized carbons (Fsp3) is 0.400. The molecule has 176 valence electrons. The molecule has 3 heterocycles. The number of nitrogens with zero attached hydrogens (tertiary/aromatic N) is 3. The molecule has 2 aliphatic heterocycles. The van der Waals surface area contributed by atoms with Crippen LogP contribution < -0.4 is 10.2 Å². The van der Waals surface area contributed by atoms with Gasteiger partial charge in [-0.1, -0.05) is 18.2 Å². The molecule has 2 fully saturated rings. The van der Waals surface area contributed by atoms with Gasteiger partial charge < -0.3 is 24.8 Å². The van der Waals surface area contributed by atoms with Crippen LogP contribution in [-0.2, 0) is 9.47 Å². The number of phenolic OH excluding ortho intramolecular Hbond substituents is 1. The first kappa shape index (κ1) is 21.5. The van der Waals surface area contributed by atoms with Gasteiger partial charge in [0.15, 0.2) is 5.82 Å². The van der Waals surface area contributed by atoms with Gasteiger partial charge >= 0.3 is 6.09 Å². The Balaban J connectivity index is 0.00000171. The normalized spacial score (nSPS) is 20.7. The number of para-hydroxylation sites is 1. The van der Waals surface area contributed by atoms with Crippen molar-refractivity contribution in [2.24, 2.45) is 0 Å². The summed E-state index contributed by atoms with van der Waals surface area (Å²) in [6, 6.07) is 13.2. The van der Waals surface area contributed by atoms with Gasteiger partial charge in [-0.15, -0.1) is 0 Å². The SMILES string of the molecule is Cc1ccc2c(N3CCC[C@H](NC(=O)O[C@H]4CCOC4)C3)nc(-c3ccccc3O)nc2c1.[HH].[HH]. The van der Waals surface area contributed by atoms with Gasteiger partial charge in [0.25, 0.3) is 0 Å². The summed E-state index contributed by atoms with van der Waals surface area (Å²) < 4.78 is 10.8. The van der Waals surface area contributed by atoms with Crippen LogP contribution in [0.25, 0.3) is 22.3 Å². The monoisotopic (exact) mass is 452 g/mol. The Labute approximate surface area is 195 Å². The van der Waals surface area contributed by atoms with Crippen molar-refractivity contribution in [2.45, 2.75) is 38.3 Å². The average molecular weight is 453 g/mol. The molecule has 2 atom stereocenters. The number of fused-ring (bicyclic) bond motifs is 1. The molecule has 2 N–H and O–H groups in total. The van der Waals surface area contributed by atoms with E-state index in [1.165, 1.54) is 0 Å². The summed E-state index contributed by atoms with van der Waals surface area (Å²) in [5, 5.41) is 14.4. The van der Waals surface area contributed by atoms with Crippen molar-refractivity contribution in [1.82, 2.24) is 15.3 Å². The van der Waals surface area contributed by atoms with Gasteiger partial charge in [-0.05, 0) is 49.6 Å². The first-order valence-electron chi connectivity index (χ1n) is 11.4. The van der Waals surface area contributed by atoms with E-state index in [1.54, 1.807) is 12.1 Å². The molecular weight excluding hydrogens is 420 g/mol. The third kappa shape index (κ3) is 4.71. The zero-order valence-electron chi connectivity index (χ0n) is 18.7. The number of carbonyl (C=O) groups is 1. The number of alkyl carbamates (subject to hydrolysis) is 1. The van der Waals surface area contributed by atoms with Crippen molar-refractivity contribution >= 4 is 22.8 Å². The zero-order chi connectivity index (χ0) is 22.8. The lowest BCUT2D eigenvalue weighted by Gasteiger charge is -2.34. The number of piperidine rings is 1. The van der Waals surface area contributed by atoms with E-state index in [1.807, 2.05) is 31.2 Å². The molecule has 0 saturated carbocycles. The maximum Gasteiger partial charge on any atom is 0.407 e. The van der Waals surface area contributed by atoms with Gasteiger partial charge in [-0.2, -0.15) is 0 Å². The predicted octanol–water partition coefficient (Wildman–Crippen LogP) is 4.29. The maximum absolute atomic E-state index is 12.4. The number of aromatic hydroxyl groups is 1. The second-order valence-corrected chi connectivity index (χ2v) is 8.73. The smallest absolute Gasteiger partial charge is 0.407 e. The van der Waals surface area contributed by atoms with Crippen LogP contribution in [0.1, 0.15) is 27.7 Å². The van der Waals surface area contributed by atoms with Crippen LogP contribution in [-0.4, -0.2) is 59.6 Å². The van der Waals surface area contributed by atoms with Crippen LogP contribution in [0.15, 0.2) is 42.5 Å². The minimum absolute atomic E-state index is 0. The molecule has 2 saturated heterocycles. The van der Waals surface area contributed by atoms with Crippen LogP contribution >= 0.6 is 0 Å². The predicted molar refractivity (Wildman–Crippen MR) is 130 cm³/mol. The number of aryl methyl sites for hydroxylation is 1. The van der Waals surface area contributed by atoms with Crippen molar-refractivity contribution in [3.8, 4) is 17.1 Å². The van der Waals surface area contributed by atoms with Crippen LogP contribution in [0.4, 0.5) is 10.6 Å². The van der Waals surface area contributed by atoms with Gasteiger partial charge in [-0.25, -0.2) is 14.8 Å². The Morgan fingerprint density at radius 1 is 1.24 bits per heavy atom. The van der Waals surface area contributed by atoms with E-state index in [9.17, 15) is 9.90 Å². The number of ether oxygens (including phenoxy) is 2. The Morgan fingerprint density at radius 3 is 2.94 bits per heavy atom. The minimum Gasteiger partial charge on any atom is -0.507 e. The Hall–Kier alpha value is -3.39. The molecule has 5 rings (SSSR count). The van der Waals surface area contributed by atoms with E-state index in [0.29, 0.717) is 31.1 Å². The van der Waals surface area contributed by atoms with Crippen molar-refractivity contribution in [3.05, 3.63) is 48.0 Å². The Bertz CT molecular complexity index is 1170. The van der Waals surface area contributed by atoms with E-state index >= 15 is 0 Å². The highest BCUT2D eigenvalue weighted by molar-refractivity contribution is 5.92. The third-order valence-corrected chi connectivity index (χ3v) is 6.18. The fourth-order valence-corrected chi connectivity index (χ4v) is 4.49. The quantitative estimate of drug-likeness (QED) is 0.610. The highest BCUT2D eigenvalue weighted by Gasteiger charge is 2.27. The summed E-state index contributed by atoms with van der Waals surface area (Å²) >= 11 is 0. The maximum atomic E-state index is 12.4. The topological polar surface area (TPSA) is 96.8 Å². The number of aromatic nitrogens is 2. The summed E-state index contributed by atoms with van der Waals surface area (Å²) in [7, 11) is 0. The van der Waals surface area contributed by atoms with Crippen LogP contribution in [0.3, 0.4) is 0 Å².